The molecule has 2 aliphatic rings. The standard InChI is InChI=1S/C18H29N3/c1-3-11-20(12-4-1)15-10-17-8-7-9-18(19-17)16-21-13-5-2-6-14-21/h7-9H,1-6,10-16H2. The van der Waals surface area contributed by atoms with Crippen molar-refractivity contribution in [2.75, 3.05) is 32.7 Å². The molecule has 0 spiro atoms. The third-order valence-electron chi connectivity index (χ3n) is 4.83. The van der Waals surface area contributed by atoms with E-state index in [1.807, 2.05) is 0 Å². The molecule has 21 heavy (non-hydrogen) atoms. The molecular weight excluding hydrogens is 258 g/mol. The van der Waals surface area contributed by atoms with E-state index in [0.29, 0.717) is 0 Å². The maximum atomic E-state index is 4.88. The second kappa shape index (κ2) is 7.90. The summed E-state index contributed by atoms with van der Waals surface area (Å²) in [6.07, 6.45) is 9.39. The highest BCUT2D eigenvalue weighted by Crippen LogP contribution is 2.13. The van der Waals surface area contributed by atoms with Crippen LogP contribution >= 0.6 is 0 Å². The number of hydrogen-bond donors (Lipinski definition) is 0. The Labute approximate surface area is 129 Å². The minimum atomic E-state index is 1.04. The van der Waals surface area contributed by atoms with Crippen molar-refractivity contribution in [3.63, 3.8) is 0 Å². The summed E-state index contributed by atoms with van der Waals surface area (Å²) in [5, 5.41) is 0. The molecule has 2 fully saturated rings. The van der Waals surface area contributed by atoms with Crippen LogP contribution in [0.3, 0.4) is 0 Å². The lowest BCUT2D eigenvalue weighted by atomic mass is 10.1. The molecule has 0 N–H and O–H groups in total. The third kappa shape index (κ3) is 4.79. The molecule has 3 heterocycles. The van der Waals surface area contributed by atoms with E-state index in [1.54, 1.807) is 0 Å². The monoisotopic (exact) mass is 287 g/mol. The maximum Gasteiger partial charge on any atom is 0.0547 e. The maximum absolute atomic E-state index is 4.88. The Morgan fingerprint density at radius 1 is 0.762 bits per heavy atom. The van der Waals surface area contributed by atoms with Gasteiger partial charge in [-0.25, -0.2) is 0 Å². The van der Waals surface area contributed by atoms with Crippen LogP contribution in [0.2, 0.25) is 0 Å². The summed E-state index contributed by atoms with van der Waals surface area (Å²) in [5.74, 6) is 0. The van der Waals surface area contributed by atoms with E-state index < -0.39 is 0 Å². The number of pyridine rings is 1. The number of likely N-dealkylation sites (tertiary alicyclic amines) is 2. The zero-order valence-corrected chi connectivity index (χ0v) is 13.3. The average Bonchev–Trinajstić information content (AvgIpc) is 2.55. The SMILES string of the molecule is c1cc(CCN2CCCCC2)nc(CN2CCCCC2)c1. The van der Waals surface area contributed by atoms with Gasteiger partial charge in [0.25, 0.3) is 0 Å². The zero-order chi connectivity index (χ0) is 14.3. The Morgan fingerprint density at radius 3 is 2.10 bits per heavy atom. The molecule has 0 aromatic carbocycles. The van der Waals surface area contributed by atoms with E-state index in [0.717, 1.165) is 13.0 Å². The summed E-state index contributed by atoms with van der Waals surface area (Å²) in [5.41, 5.74) is 2.53. The van der Waals surface area contributed by atoms with Crippen LogP contribution in [0, 0.1) is 0 Å². The van der Waals surface area contributed by atoms with Gasteiger partial charge in [0.15, 0.2) is 0 Å². The van der Waals surface area contributed by atoms with E-state index in [4.69, 9.17) is 4.98 Å². The summed E-state index contributed by atoms with van der Waals surface area (Å²) in [4.78, 5) is 10.0. The molecule has 1 aromatic heterocycles. The van der Waals surface area contributed by atoms with Crippen molar-refractivity contribution < 1.29 is 0 Å². The Kier molecular flexibility index (Phi) is 5.64. The first-order valence-corrected chi connectivity index (χ1v) is 8.80. The van der Waals surface area contributed by atoms with Crippen LogP contribution in [0.5, 0.6) is 0 Å². The van der Waals surface area contributed by atoms with Crippen LogP contribution in [0.1, 0.15) is 49.9 Å². The van der Waals surface area contributed by atoms with Gasteiger partial charge in [-0.05, 0) is 64.0 Å². The first kappa shape index (κ1) is 15.0. The largest absolute Gasteiger partial charge is 0.303 e. The second-order valence-electron chi connectivity index (χ2n) is 6.61. The highest BCUT2D eigenvalue weighted by molar-refractivity contribution is 5.11. The Bertz CT molecular complexity index is 420. The lowest BCUT2D eigenvalue weighted by molar-refractivity contribution is 0.218. The van der Waals surface area contributed by atoms with E-state index in [2.05, 4.69) is 28.0 Å². The molecule has 0 bridgehead atoms. The van der Waals surface area contributed by atoms with E-state index in [1.165, 1.54) is 82.6 Å². The lowest BCUT2D eigenvalue weighted by Gasteiger charge is -2.27. The van der Waals surface area contributed by atoms with Crippen molar-refractivity contribution in [2.45, 2.75) is 51.5 Å². The van der Waals surface area contributed by atoms with Crippen molar-refractivity contribution in [1.82, 2.24) is 14.8 Å². The van der Waals surface area contributed by atoms with Gasteiger partial charge in [-0.1, -0.05) is 18.9 Å². The molecule has 0 atom stereocenters. The normalized spacial score (nSPS) is 21.5. The van der Waals surface area contributed by atoms with Crippen molar-refractivity contribution >= 4 is 0 Å². The molecule has 0 saturated carbocycles. The lowest BCUT2D eigenvalue weighted by Crippen LogP contribution is -2.32. The number of rotatable bonds is 5. The summed E-state index contributed by atoms with van der Waals surface area (Å²) in [7, 11) is 0. The number of hydrogen-bond acceptors (Lipinski definition) is 3. The molecule has 0 aliphatic carbocycles. The van der Waals surface area contributed by atoms with Gasteiger partial charge in [0, 0.05) is 25.2 Å². The van der Waals surface area contributed by atoms with Gasteiger partial charge in [-0.15, -0.1) is 0 Å². The van der Waals surface area contributed by atoms with Gasteiger partial charge < -0.3 is 4.90 Å². The summed E-state index contributed by atoms with van der Waals surface area (Å²) in [6, 6.07) is 6.58. The zero-order valence-electron chi connectivity index (χ0n) is 13.3. The Morgan fingerprint density at radius 2 is 1.38 bits per heavy atom. The summed E-state index contributed by atoms with van der Waals surface area (Å²) >= 11 is 0. The highest BCUT2D eigenvalue weighted by atomic mass is 15.1. The van der Waals surface area contributed by atoms with Gasteiger partial charge in [-0.3, -0.25) is 9.88 Å². The predicted octanol–water partition coefficient (Wildman–Crippen LogP) is 3.10. The van der Waals surface area contributed by atoms with Crippen LogP contribution in [0.25, 0.3) is 0 Å². The van der Waals surface area contributed by atoms with E-state index >= 15 is 0 Å². The number of aromatic nitrogens is 1. The third-order valence-corrected chi connectivity index (χ3v) is 4.83. The van der Waals surface area contributed by atoms with Gasteiger partial charge in [-0.2, -0.15) is 0 Å². The molecule has 0 radical (unpaired) electrons. The Hall–Kier alpha value is -0.930. The van der Waals surface area contributed by atoms with Gasteiger partial charge >= 0.3 is 0 Å². The minimum Gasteiger partial charge on any atom is -0.303 e. The topological polar surface area (TPSA) is 19.4 Å². The molecule has 2 aliphatic heterocycles. The molecule has 116 valence electrons. The van der Waals surface area contributed by atoms with Crippen LogP contribution in [0.4, 0.5) is 0 Å². The fourth-order valence-corrected chi connectivity index (χ4v) is 3.56. The van der Waals surface area contributed by atoms with Crippen LogP contribution < -0.4 is 0 Å². The highest BCUT2D eigenvalue weighted by Gasteiger charge is 2.12. The minimum absolute atomic E-state index is 1.04. The van der Waals surface area contributed by atoms with Crippen molar-refractivity contribution in [1.29, 1.82) is 0 Å². The Balaban J connectivity index is 1.50. The average molecular weight is 287 g/mol. The second-order valence-corrected chi connectivity index (χ2v) is 6.61. The van der Waals surface area contributed by atoms with Gasteiger partial charge in [0.2, 0.25) is 0 Å². The molecule has 3 heteroatoms. The number of piperidine rings is 2. The first-order chi connectivity index (χ1) is 10.4. The molecule has 3 rings (SSSR count). The molecule has 2 saturated heterocycles. The first-order valence-electron chi connectivity index (χ1n) is 8.80. The predicted molar refractivity (Wildman–Crippen MR) is 87.4 cm³/mol. The fourth-order valence-electron chi connectivity index (χ4n) is 3.56. The number of nitrogens with zero attached hydrogens (tertiary/aromatic N) is 3. The molecule has 0 amide bonds. The van der Waals surface area contributed by atoms with E-state index in [-0.39, 0.29) is 0 Å². The van der Waals surface area contributed by atoms with Crippen LogP contribution in [0.15, 0.2) is 18.2 Å². The summed E-state index contributed by atoms with van der Waals surface area (Å²) < 4.78 is 0. The molecule has 3 nitrogen and oxygen atoms in total. The van der Waals surface area contributed by atoms with Crippen LogP contribution in [-0.2, 0) is 13.0 Å². The molecule has 0 unspecified atom stereocenters. The van der Waals surface area contributed by atoms with Crippen molar-refractivity contribution in [3.8, 4) is 0 Å². The fraction of sp³-hybridized carbons (Fsp3) is 0.722. The van der Waals surface area contributed by atoms with Crippen molar-refractivity contribution in [3.05, 3.63) is 29.6 Å². The van der Waals surface area contributed by atoms with Crippen molar-refractivity contribution in [2.24, 2.45) is 0 Å². The van der Waals surface area contributed by atoms with Gasteiger partial charge in [0.05, 0.1) is 5.69 Å². The smallest absolute Gasteiger partial charge is 0.0547 e. The summed E-state index contributed by atoms with van der Waals surface area (Å²) in [6.45, 7) is 7.29. The molecule has 1 aromatic rings. The van der Waals surface area contributed by atoms with Crippen LogP contribution in [-0.4, -0.2) is 47.5 Å². The van der Waals surface area contributed by atoms with Gasteiger partial charge in [0.1, 0.15) is 0 Å². The molecular formula is C18H29N3. The quantitative estimate of drug-likeness (QED) is 0.829. The van der Waals surface area contributed by atoms with E-state index in [9.17, 15) is 0 Å².